The van der Waals surface area contributed by atoms with Crippen LogP contribution in [0.25, 0.3) is 0 Å². The van der Waals surface area contributed by atoms with Crippen LogP contribution in [-0.4, -0.2) is 106 Å². The van der Waals surface area contributed by atoms with Crippen LogP contribution in [-0.2, 0) is 23.9 Å². The number of rotatable bonds is 9. The second-order valence-electron chi connectivity index (χ2n) is 6.15. The first kappa shape index (κ1) is 23.4. The first-order chi connectivity index (χ1) is 12.7. The minimum absolute atomic E-state index is 0.189. The topological polar surface area (TPSA) is 195 Å². The van der Waals surface area contributed by atoms with Crippen LogP contribution in [0.15, 0.2) is 0 Å². The molecule has 0 aliphatic carbocycles. The summed E-state index contributed by atoms with van der Waals surface area (Å²) < 4.78 is 10.6. The van der Waals surface area contributed by atoms with E-state index >= 15 is 0 Å². The molecule has 1 aliphatic heterocycles. The molecule has 1 saturated heterocycles. The van der Waals surface area contributed by atoms with Crippen LogP contribution in [0.4, 0.5) is 0 Å². The Hall–Kier alpha value is -1.67. The van der Waals surface area contributed by atoms with Crippen LogP contribution in [0.1, 0.15) is 13.8 Å². The average molecular weight is 394 g/mol. The van der Waals surface area contributed by atoms with E-state index in [1.807, 2.05) is 0 Å². The van der Waals surface area contributed by atoms with Gasteiger partial charge in [0.25, 0.3) is 0 Å². The number of carbonyl (C=O) groups excluding carboxylic acids is 3. The van der Waals surface area contributed by atoms with Crippen molar-refractivity contribution >= 4 is 18.1 Å². The van der Waals surface area contributed by atoms with Crippen molar-refractivity contribution in [2.24, 2.45) is 0 Å². The van der Waals surface area contributed by atoms with E-state index in [-0.39, 0.29) is 6.29 Å². The van der Waals surface area contributed by atoms with Gasteiger partial charge in [-0.3, -0.25) is 9.59 Å². The second kappa shape index (κ2) is 10.6. The molecule has 12 nitrogen and oxygen atoms in total. The molecule has 0 saturated carbocycles. The first-order valence-corrected chi connectivity index (χ1v) is 8.22. The summed E-state index contributed by atoms with van der Waals surface area (Å²) in [6, 6.07) is -2.55. The SMILES string of the molecule is CC(=O)N[C@H]1[C@H](O[C@H](C=O)[C@H](O)[C@H](CO)NC(C)=O)O[C@H](CO)[C@@H](O)[C@@H]1O. The van der Waals surface area contributed by atoms with Gasteiger partial charge in [0.05, 0.1) is 19.3 Å². The molecule has 7 N–H and O–H groups in total. The molecule has 1 heterocycles. The monoisotopic (exact) mass is 394 g/mol. The molecule has 0 aromatic rings. The number of amides is 2. The highest BCUT2D eigenvalue weighted by molar-refractivity contribution is 5.73. The van der Waals surface area contributed by atoms with Gasteiger partial charge in [0, 0.05) is 13.8 Å². The van der Waals surface area contributed by atoms with E-state index in [1.54, 1.807) is 0 Å². The first-order valence-electron chi connectivity index (χ1n) is 8.22. The molecule has 1 rings (SSSR count). The number of aldehydes is 1. The normalized spacial score (nSPS) is 31.4. The summed E-state index contributed by atoms with van der Waals surface area (Å²) in [5, 5.41) is 53.4. The van der Waals surface area contributed by atoms with E-state index in [1.165, 1.54) is 0 Å². The minimum atomic E-state index is -1.69. The Morgan fingerprint density at radius 1 is 1.19 bits per heavy atom. The smallest absolute Gasteiger partial charge is 0.217 e. The van der Waals surface area contributed by atoms with Crippen LogP contribution in [0.2, 0.25) is 0 Å². The van der Waals surface area contributed by atoms with Gasteiger partial charge in [-0.05, 0) is 0 Å². The van der Waals surface area contributed by atoms with Crippen molar-refractivity contribution in [3.8, 4) is 0 Å². The summed E-state index contributed by atoms with van der Waals surface area (Å²) in [7, 11) is 0. The highest BCUT2D eigenvalue weighted by atomic mass is 16.7. The Labute approximate surface area is 155 Å². The zero-order valence-corrected chi connectivity index (χ0v) is 14.9. The van der Waals surface area contributed by atoms with Crippen molar-refractivity contribution in [1.29, 1.82) is 0 Å². The molecular formula is C15H26N2O10. The summed E-state index contributed by atoms with van der Waals surface area (Å²) in [6.45, 7) is 0.895. The van der Waals surface area contributed by atoms with Crippen molar-refractivity contribution in [2.45, 2.75) is 62.7 Å². The van der Waals surface area contributed by atoms with E-state index in [2.05, 4.69) is 10.6 Å². The van der Waals surface area contributed by atoms with Gasteiger partial charge in [0.2, 0.25) is 11.8 Å². The largest absolute Gasteiger partial charge is 0.394 e. The number of hydrogen-bond donors (Lipinski definition) is 7. The van der Waals surface area contributed by atoms with Crippen molar-refractivity contribution < 1.29 is 49.4 Å². The number of aliphatic hydroxyl groups is 5. The van der Waals surface area contributed by atoms with Crippen molar-refractivity contribution in [2.75, 3.05) is 13.2 Å². The van der Waals surface area contributed by atoms with Crippen LogP contribution < -0.4 is 10.6 Å². The maximum atomic E-state index is 11.4. The summed E-state index contributed by atoms with van der Waals surface area (Å²) in [5.74, 6) is -1.16. The highest BCUT2D eigenvalue weighted by Gasteiger charge is 2.47. The Bertz CT molecular complexity index is 519. The maximum Gasteiger partial charge on any atom is 0.217 e. The molecule has 1 fully saturated rings. The predicted molar refractivity (Wildman–Crippen MR) is 87.0 cm³/mol. The zero-order chi connectivity index (χ0) is 20.7. The third-order valence-corrected chi connectivity index (χ3v) is 4.01. The molecule has 156 valence electrons. The van der Waals surface area contributed by atoms with Crippen molar-refractivity contribution in [1.82, 2.24) is 10.6 Å². The lowest BCUT2D eigenvalue weighted by atomic mass is 9.96. The summed E-state index contributed by atoms with van der Waals surface area (Å²) in [5.41, 5.74) is 0. The summed E-state index contributed by atoms with van der Waals surface area (Å²) in [4.78, 5) is 33.9. The van der Waals surface area contributed by atoms with Gasteiger partial charge in [-0.1, -0.05) is 0 Å². The quantitative estimate of drug-likeness (QED) is 0.187. The van der Waals surface area contributed by atoms with Crippen LogP contribution in [0.5, 0.6) is 0 Å². The lowest BCUT2D eigenvalue weighted by molar-refractivity contribution is -0.284. The van der Waals surface area contributed by atoms with Gasteiger partial charge in [-0.2, -0.15) is 0 Å². The fraction of sp³-hybridized carbons (Fsp3) is 0.800. The predicted octanol–water partition coefficient (Wildman–Crippen LogP) is -4.63. The van der Waals surface area contributed by atoms with Crippen molar-refractivity contribution in [3.63, 3.8) is 0 Å². The number of aliphatic hydroxyl groups excluding tert-OH is 5. The van der Waals surface area contributed by atoms with Gasteiger partial charge in [0.1, 0.15) is 36.6 Å². The Kier molecular flexibility index (Phi) is 9.18. The van der Waals surface area contributed by atoms with Crippen molar-refractivity contribution in [3.05, 3.63) is 0 Å². The Morgan fingerprint density at radius 3 is 2.26 bits per heavy atom. The molecule has 0 radical (unpaired) electrons. The highest BCUT2D eigenvalue weighted by Crippen LogP contribution is 2.24. The maximum absolute atomic E-state index is 11.4. The molecule has 1 aliphatic rings. The average Bonchev–Trinajstić information content (AvgIpc) is 2.61. The number of carbonyl (C=O) groups is 3. The molecule has 0 unspecified atom stereocenters. The van der Waals surface area contributed by atoms with E-state index in [0.717, 1.165) is 13.8 Å². The van der Waals surface area contributed by atoms with E-state index in [0.29, 0.717) is 0 Å². The molecular weight excluding hydrogens is 368 g/mol. The van der Waals surface area contributed by atoms with Crippen LogP contribution >= 0.6 is 0 Å². The molecule has 8 atom stereocenters. The van der Waals surface area contributed by atoms with E-state index < -0.39 is 73.9 Å². The van der Waals surface area contributed by atoms with Gasteiger partial charge in [-0.25, -0.2) is 0 Å². The standard InChI is InChI=1S/C15H26N2O10/c1-6(21)16-8(3-18)12(23)9(4-19)26-15-11(17-7(2)22)14(25)13(24)10(5-20)27-15/h4,8-15,18,20,23-25H,3,5H2,1-2H3,(H,16,21)(H,17,22)/t8-,9+,10+,11+,12+,13+,14+,15+/m0/s1. The van der Waals surface area contributed by atoms with Crippen LogP contribution in [0.3, 0.4) is 0 Å². The fourth-order valence-corrected chi connectivity index (χ4v) is 2.66. The zero-order valence-electron chi connectivity index (χ0n) is 14.9. The summed E-state index contributed by atoms with van der Waals surface area (Å²) in [6.07, 6.45) is -9.07. The number of nitrogens with one attached hydrogen (secondary N) is 2. The third-order valence-electron chi connectivity index (χ3n) is 4.01. The Balaban J connectivity index is 3.00. The molecule has 0 spiro atoms. The van der Waals surface area contributed by atoms with Gasteiger partial charge < -0.3 is 50.4 Å². The lowest BCUT2D eigenvalue weighted by Gasteiger charge is -2.43. The van der Waals surface area contributed by atoms with Gasteiger partial charge >= 0.3 is 0 Å². The molecule has 0 aromatic carbocycles. The molecule has 27 heavy (non-hydrogen) atoms. The number of ether oxygens (including phenoxy) is 2. The molecule has 12 heteroatoms. The molecule has 0 bridgehead atoms. The molecule has 0 aromatic heterocycles. The van der Waals surface area contributed by atoms with Gasteiger partial charge in [-0.15, -0.1) is 0 Å². The molecule has 2 amide bonds. The van der Waals surface area contributed by atoms with E-state index in [4.69, 9.17) is 9.47 Å². The van der Waals surface area contributed by atoms with Gasteiger partial charge in [0.15, 0.2) is 12.6 Å². The third kappa shape index (κ3) is 6.17. The lowest BCUT2D eigenvalue weighted by Crippen LogP contribution is -2.65. The summed E-state index contributed by atoms with van der Waals surface area (Å²) >= 11 is 0. The second-order valence-corrected chi connectivity index (χ2v) is 6.15. The minimum Gasteiger partial charge on any atom is -0.394 e. The van der Waals surface area contributed by atoms with E-state index in [9.17, 15) is 39.9 Å². The number of hydrogen-bond acceptors (Lipinski definition) is 10. The fourth-order valence-electron chi connectivity index (χ4n) is 2.66. The van der Waals surface area contributed by atoms with Crippen LogP contribution in [0, 0.1) is 0 Å². The Morgan fingerprint density at radius 2 is 1.81 bits per heavy atom.